The molecule has 0 saturated carbocycles. The zero-order valence-corrected chi connectivity index (χ0v) is 13.9. The molecule has 7 heteroatoms. The van der Waals surface area contributed by atoms with Crippen molar-refractivity contribution in [3.63, 3.8) is 0 Å². The van der Waals surface area contributed by atoms with Crippen molar-refractivity contribution in [3.05, 3.63) is 29.3 Å². The Morgan fingerprint density at radius 3 is 2.74 bits per heavy atom. The van der Waals surface area contributed by atoms with Crippen LogP contribution in [0.25, 0.3) is 0 Å². The zero-order valence-electron chi connectivity index (χ0n) is 13.1. The van der Waals surface area contributed by atoms with Crippen molar-refractivity contribution in [2.75, 3.05) is 19.6 Å². The number of likely N-dealkylation sites (tertiary alicyclic amines) is 1. The maximum Gasteiger partial charge on any atom is 0.260 e. The number of piperidine rings is 1. The van der Waals surface area contributed by atoms with Gasteiger partial charge in [0.15, 0.2) is 6.10 Å². The number of ether oxygens (including phenoxy) is 1. The summed E-state index contributed by atoms with van der Waals surface area (Å²) in [6, 6.07) is 7.05. The number of nitrogens with zero attached hydrogens (tertiary/aromatic N) is 1. The maximum atomic E-state index is 12.2. The quantitative estimate of drug-likeness (QED) is 0.815. The van der Waals surface area contributed by atoms with E-state index in [4.69, 9.17) is 22.1 Å². The second kappa shape index (κ2) is 8.17. The second-order valence-electron chi connectivity index (χ2n) is 5.74. The van der Waals surface area contributed by atoms with Crippen LogP contribution in [0.4, 0.5) is 0 Å². The highest BCUT2D eigenvalue weighted by Gasteiger charge is 2.24. The Morgan fingerprint density at radius 2 is 2.13 bits per heavy atom. The fourth-order valence-corrected chi connectivity index (χ4v) is 2.75. The Kier molecular flexibility index (Phi) is 6.24. The van der Waals surface area contributed by atoms with Gasteiger partial charge in [0, 0.05) is 24.2 Å². The first kappa shape index (κ1) is 17.6. The van der Waals surface area contributed by atoms with E-state index in [1.165, 1.54) is 0 Å². The molecule has 0 aliphatic carbocycles. The molecule has 6 nitrogen and oxygen atoms in total. The topological polar surface area (TPSA) is 84.7 Å². The van der Waals surface area contributed by atoms with Crippen LogP contribution in [-0.2, 0) is 9.59 Å². The molecule has 2 amide bonds. The Morgan fingerprint density at radius 1 is 1.43 bits per heavy atom. The van der Waals surface area contributed by atoms with Crippen molar-refractivity contribution >= 4 is 23.4 Å². The SMILES string of the molecule is CC(Oc1cccc(Cl)c1)C(=O)NC1CCN(CC(N)=O)CC1. The van der Waals surface area contributed by atoms with Gasteiger partial charge in [0.1, 0.15) is 5.75 Å². The van der Waals surface area contributed by atoms with E-state index in [0.29, 0.717) is 10.8 Å². The molecule has 0 bridgehead atoms. The molecule has 2 rings (SSSR count). The molecular weight excluding hydrogens is 318 g/mol. The lowest BCUT2D eigenvalue weighted by atomic mass is 10.0. The molecule has 1 fully saturated rings. The Bertz CT molecular complexity index is 559. The molecule has 0 aromatic heterocycles. The lowest BCUT2D eigenvalue weighted by Gasteiger charge is -2.32. The number of nitrogens with one attached hydrogen (secondary N) is 1. The molecule has 1 atom stereocenters. The minimum absolute atomic E-state index is 0.0945. The predicted octanol–water partition coefficient (Wildman–Crippen LogP) is 1.17. The van der Waals surface area contributed by atoms with E-state index in [-0.39, 0.29) is 24.4 Å². The number of hydrogen-bond donors (Lipinski definition) is 2. The van der Waals surface area contributed by atoms with Crippen LogP contribution in [0.15, 0.2) is 24.3 Å². The molecule has 1 aromatic rings. The van der Waals surface area contributed by atoms with Gasteiger partial charge in [-0.15, -0.1) is 0 Å². The van der Waals surface area contributed by atoms with Gasteiger partial charge in [-0.2, -0.15) is 0 Å². The van der Waals surface area contributed by atoms with Crippen molar-refractivity contribution in [3.8, 4) is 5.75 Å². The van der Waals surface area contributed by atoms with E-state index in [9.17, 15) is 9.59 Å². The van der Waals surface area contributed by atoms with Crippen molar-refractivity contribution in [2.24, 2.45) is 5.73 Å². The highest BCUT2D eigenvalue weighted by Crippen LogP contribution is 2.18. The summed E-state index contributed by atoms with van der Waals surface area (Å²) in [6.45, 7) is 3.47. The predicted molar refractivity (Wildman–Crippen MR) is 88.3 cm³/mol. The first-order valence-electron chi connectivity index (χ1n) is 7.67. The number of amides is 2. The summed E-state index contributed by atoms with van der Waals surface area (Å²) in [6.07, 6.45) is 0.989. The van der Waals surface area contributed by atoms with Gasteiger partial charge in [0.2, 0.25) is 5.91 Å². The number of primary amides is 1. The maximum absolute atomic E-state index is 12.2. The largest absolute Gasteiger partial charge is 0.481 e. The Balaban J connectivity index is 1.77. The minimum Gasteiger partial charge on any atom is -0.481 e. The number of carbonyl (C=O) groups excluding carboxylic acids is 2. The highest BCUT2D eigenvalue weighted by molar-refractivity contribution is 6.30. The fourth-order valence-electron chi connectivity index (χ4n) is 2.57. The van der Waals surface area contributed by atoms with Crippen molar-refractivity contribution in [1.29, 1.82) is 0 Å². The van der Waals surface area contributed by atoms with Crippen LogP contribution in [0, 0.1) is 0 Å². The van der Waals surface area contributed by atoms with Gasteiger partial charge in [-0.05, 0) is 38.0 Å². The van der Waals surface area contributed by atoms with E-state index in [0.717, 1.165) is 25.9 Å². The summed E-state index contributed by atoms with van der Waals surface area (Å²) >= 11 is 5.90. The molecular formula is C16H22ClN3O3. The smallest absolute Gasteiger partial charge is 0.260 e. The summed E-state index contributed by atoms with van der Waals surface area (Å²) in [7, 11) is 0. The van der Waals surface area contributed by atoms with E-state index in [1.54, 1.807) is 31.2 Å². The zero-order chi connectivity index (χ0) is 16.8. The summed E-state index contributed by atoms with van der Waals surface area (Å²) in [5, 5.41) is 3.55. The van der Waals surface area contributed by atoms with E-state index >= 15 is 0 Å². The molecule has 1 aliphatic heterocycles. The van der Waals surface area contributed by atoms with Crippen molar-refractivity contribution < 1.29 is 14.3 Å². The first-order valence-corrected chi connectivity index (χ1v) is 8.05. The number of benzene rings is 1. The molecule has 1 aliphatic rings. The average Bonchev–Trinajstić information content (AvgIpc) is 2.48. The average molecular weight is 340 g/mol. The van der Waals surface area contributed by atoms with Gasteiger partial charge in [-0.3, -0.25) is 14.5 Å². The molecule has 0 spiro atoms. The molecule has 126 valence electrons. The highest BCUT2D eigenvalue weighted by atomic mass is 35.5. The van der Waals surface area contributed by atoms with Gasteiger partial charge >= 0.3 is 0 Å². The van der Waals surface area contributed by atoms with Crippen LogP contribution >= 0.6 is 11.6 Å². The summed E-state index contributed by atoms with van der Waals surface area (Å²) in [5.41, 5.74) is 5.19. The van der Waals surface area contributed by atoms with Crippen LogP contribution in [-0.4, -0.2) is 48.5 Å². The Labute approximate surface area is 140 Å². The van der Waals surface area contributed by atoms with E-state index in [1.807, 2.05) is 4.90 Å². The van der Waals surface area contributed by atoms with Crippen LogP contribution in [0.5, 0.6) is 5.75 Å². The monoisotopic (exact) mass is 339 g/mol. The van der Waals surface area contributed by atoms with Crippen molar-refractivity contribution in [2.45, 2.75) is 31.9 Å². The number of nitrogens with two attached hydrogens (primary N) is 1. The number of carbonyl (C=O) groups is 2. The first-order chi connectivity index (χ1) is 10.9. The number of hydrogen-bond acceptors (Lipinski definition) is 4. The van der Waals surface area contributed by atoms with Gasteiger partial charge < -0.3 is 15.8 Å². The lowest BCUT2D eigenvalue weighted by Crippen LogP contribution is -2.49. The van der Waals surface area contributed by atoms with Crippen LogP contribution < -0.4 is 15.8 Å². The molecule has 1 aromatic carbocycles. The fraction of sp³-hybridized carbons (Fsp3) is 0.500. The third-order valence-corrected chi connectivity index (χ3v) is 4.03. The van der Waals surface area contributed by atoms with Crippen molar-refractivity contribution in [1.82, 2.24) is 10.2 Å². The summed E-state index contributed by atoms with van der Waals surface area (Å²) in [4.78, 5) is 25.1. The molecule has 23 heavy (non-hydrogen) atoms. The Hall–Kier alpha value is -1.79. The van der Waals surface area contributed by atoms with Gasteiger partial charge in [0.25, 0.3) is 5.91 Å². The van der Waals surface area contributed by atoms with Gasteiger partial charge in [-0.1, -0.05) is 17.7 Å². The summed E-state index contributed by atoms with van der Waals surface area (Å²) < 4.78 is 5.60. The van der Waals surface area contributed by atoms with E-state index in [2.05, 4.69) is 5.32 Å². The van der Waals surface area contributed by atoms with Crippen LogP contribution in [0.1, 0.15) is 19.8 Å². The normalized spacial score (nSPS) is 17.5. The molecule has 1 saturated heterocycles. The molecule has 0 radical (unpaired) electrons. The van der Waals surface area contributed by atoms with Gasteiger partial charge in [-0.25, -0.2) is 0 Å². The molecule has 3 N–H and O–H groups in total. The number of halogens is 1. The second-order valence-corrected chi connectivity index (χ2v) is 6.18. The standard InChI is InChI=1S/C16H22ClN3O3/c1-11(23-14-4-2-3-12(17)9-14)16(22)19-13-5-7-20(8-6-13)10-15(18)21/h2-4,9,11,13H,5-8,10H2,1H3,(H2,18,21)(H,19,22). The van der Waals surface area contributed by atoms with Gasteiger partial charge in [0.05, 0.1) is 6.54 Å². The van der Waals surface area contributed by atoms with Crippen LogP contribution in [0.3, 0.4) is 0 Å². The summed E-state index contributed by atoms with van der Waals surface area (Å²) in [5.74, 6) is 0.0887. The minimum atomic E-state index is -0.600. The number of rotatable bonds is 6. The third-order valence-electron chi connectivity index (χ3n) is 3.79. The molecule has 1 unspecified atom stereocenters. The lowest BCUT2D eigenvalue weighted by molar-refractivity contribution is -0.128. The third kappa shape index (κ3) is 5.73. The van der Waals surface area contributed by atoms with E-state index < -0.39 is 6.10 Å². The molecule has 1 heterocycles. The van der Waals surface area contributed by atoms with Crippen LogP contribution in [0.2, 0.25) is 5.02 Å².